The van der Waals surface area contributed by atoms with Gasteiger partial charge in [0.05, 0.1) is 5.75 Å². The molecule has 1 amide bonds. The lowest BCUT2D eigenvalue weighted by Gasteiger charge is -2.30. The number of nitrogens with zero attached hydrogens (tertiary/aromatic N) is 1. The van der Waals surface area contributed by atoms with Gasteiger partial charge in [-0.25, -0.2) is 0 Å². The number of ketones is 1. The molecule has 1 aromatic carbocycles. The Balaban J connectivity index is 1.98. The normalized spacial score (nSPS) is 15.6. The number of carbonyl (C=O) groups is 2. The number of aryl methyl sites for hydroxylation is 2. The van der Waals surface area contributed by atoms with Gasteiger partial charge in [0.1, 0.15) is 0 Å². The maximum Gasteiger partial charge on any atom is 0.232 e. The van der Waals surface area contributed by atoms with Gasteiger partial charge in [-0.1, -0.05) is 13.0 Å². The van der Waals surface area contributed by atoms with E-state index < -0.39 is 0 Å². The molecule has 0 N–H and O–H groups in total. The highest BCUT2D eigenvalue weighted by Crippen LogP contribution is 2.27. The predicted octanol–water partition coefficient (Wildman–Crippen LogP) is 4.31. The molecule has 24 heavy (non-hydrogen) atoms. The molecule has 2 rings (SSSR count). The molecule has 0 bridgehead atoms. The molecule has 132 valence electrons. The van der Waals surface area contributed by atoms with Crippen LogP contribution >= 0.6 is 11.8 Å². The molecule has 4 heteroatoms. The van der Waals surface area contributed by atoms with E-state index in [1.54, 1.807) is 18.7 Å². The summed E-state index contributed by atoms with van der Waals surface area (Å²) in [6.07, 6.45) is 2.24. The van der Waals surface area contributed by atoms with Crippen LogP contribution in [0.4, 0.5) is 0 Å². The van der Waals surface area contributed by atoms with Gasteiger partial charge in [0.15, 0.2) is 5.78 Å². The van der Waals surface area contributed by atoms with Gasteiger partial charge in [0, 0.05) is 24.4 Å². The quantitative estimate of drug-likeness (QED) is 0.745. The summed E-state index contributed by atoms with van der Waals surface area (Å²) in [5.41, 5.74) is 5.38. The molecule has 0 radical (unpaired) electrons. The standard InChI is InChI=1S/C20H29NO2S/c1-13-6-8-21(9-7-13)19(23)12-24-11-18-14(2)10-15(3)20(16(18)4)17(5)22/h10,13H,6-9,11-12H2,1-5H3. The lowest BCUT2D eigenvalue weighted by molar-refractivity contribution is -0.129. The van der Waals surface area contributed by atoms with Crippen molar-refractivity contribution >= 4 is 23.5 Å². The number of thioether (sulfide) groups is 1. The summed E-state index contributed by atoms with van der Waals surface area (Å²) >= 11 is 1.66. The number of Topliss-reactive ketones (excluding diaryl/α,β-unsaturated/α-hetero) is 1. The third kappa shape index (κ3) is 4.41. The van der Waals surface area contributed by atoms with Gasteiger partial charge < -0.3 is 4.90 Å². The minimum atomic E-state index is 0.120. The summed E-state index contributed by atoms with van der Waals surface area (Å²) in [7, 11) is 0. The maximum absolute atomic E-state index is 12.3. The van der Waals surface area contributed by atoms with E-state index in [4.69, 9.17) is 0 Å². The van der Waals surface area contributed by atoms with E-state index in [9.17, 15) is 9.59 Å². The van der Waals surface area contributed by atoms with Crippen molar-refractivity contribution < 1.29 is 9.59 Å². The van der Waals surface area contributed by atoms with E-state index in [1.807, 2.05) is 18.7 Å². The zero-order chi connectivity index (χ0) is 17.9. The molecule has 1 fully saturated rings. The summed E-state index contributed by atoms with van der Waals surface area (Å²) < 4.78 is 0. The molecule has 1 aromatic rings. The van der Waals surface area contributed by atoms with Crippen LogP contribution in [-0.4, -0.2) is 35.4 Å². The van der Waals surface area contributed by atoms with E-state index >= 15 is 0 Å². The highest BCUT2D eigenvalue weighted by molar-refractivity contribution is 7.99. The second-order valence-electron chi connectivity index (χ2n) is 7.10. The summed E-state index contributed by atoms with van der Waals surface area (Å²) in [5, 5.41) is 0. The topological polar surface area (TPSA) is 37.4 Å². The largest absolute Gasteiger partial charge is 0.342 e. The van der Waals surface area contributed by atoms with Gasteiger partial charge in [-0.2, -0.15) is 0 Å². The van der Waals surface area contributed by atoms with Crippen LogP contribution in [0.5, 0.6) is 0 Å². The third-order valence-corrected chi connectivity index (χ3v) is 6.04. The number of hydrogen-bond acceptors (Lipinski definition) is 3. The minimum Gasteiger partial charge on any atom is -0.342 e. The number of amides is 1. The third-order valence-electron chi connectivity index (χ3n) is 5.09. The predicted molar refractivity (Wildman–Crippen MR) is 102 cm³/mol. The Morgan fingerprint density at radius 3 is 2.38 bits per heavy atom. The van der Waals surface area contributed by atoms with Crippen LogP contribution in [0.15, 0.2) is 6.07 Å². The van der Waals surface area contributed by atoms with Crippen molar-refractivity contribution in [2.45, 2.75) is 53.2 Å². The number of benzene rings is 1. The Morgan fingerprint density at radius 1 is 1.17 bits per heavy atom. The Morgan fingerprint density at radius 2 is 1.79 bits per heavy atom. The summed E-state index contributed by atoms with van der Waals surface area (Å²) in [6.45, 7) is 11.8. The van der Waals surface area contributed by atoms with Crippen molar-refractivity contribution in [3.63, 3.8) is 0 Å². The molecule has 0 saturated carbocycles. The molecule has 1 heterocycles. The molecule has 0 unspecified atom stereocenters. The fourth-order valence-electron chi connectivity index (χ4n) is 3.58. The highest BCUT2D eigenvalue weighted by Gasteiger charge is 2.20. The molecular formula is C20H29NO2S. The molecule has 1 saturated heterocycles. The van der Waals surface area contributed by atoms with Crippen molar-refractivity contribution in [3.05, 3.63) is 33.9 Å². The molecule has 0 atom stereocenters. The smallest absolute Gasteiger partial charge is 0.232 e. The van der Waals surface area contributed by atoms with E-state index in [0.29, 0.717) is 5.75 Å². The number of hydrogen-bond donors (Lipinski definition) is 0. The Kier molecular flexibility index (Phi) is 6.50. The lowest BCUT2D eigenvalue weighted by atomic mass is 9.92. The minimum absolute atomic E-state index is 0.120. The zero-order valence-corrected chi connectivity index (χ0v) is 16.4. The first-order chi connectivity index (χ1) is 11.3. The Labute approximate surface area is 150 Å². The van der Waals surface area contributed by atoms with Gasteiger partial charge in [-0.15, -0.1) is 11.8 Å². The summed E-state index contributed by atoms with van der Waals surface area (Å²) in [6, 6.07) is 2.09. The molecule has 0 spiro atoms. The van der Waals surface area contributed by atoms with Gasteiger partial charge in [0.25, 0.3) is 0 Å². The van der Waals surface area contributed by atoms with Crippen LogP contribution in [0.2, 0.25) is 0 Å². The van der Waals surface area contributed by atoms with Crippen LogP contribution in [0.1, 0.15) is 59.3 Å². The first-order valence-corrected chi connectivity index (χ1v) is 9.92. The van der Waals surface area contributed by atoms with Gasteiger partial charge >= 0.3 is 0 Å². The Hall–Kier alpha value is -1.29. The second kappa shape index (κ2) is 8.19. The van der Waals surface area contributed by atoms with E-state index in [0.717, 1.165) is 54.3 Å². The number of likely N-dealkylation sites (tertiary alicyclic amines) is 1. The highest BCUT2D eigenvalue weighted by atomic mass is 32.2. The number of carbonyl (C=O) groups excluding carboxylic acids is 2. The zero-order valence-electron chi connectivity index (χ0n) is 15.6. The first-order valence-electron chi connectivity index (χ1n) is 8.77. The van der Waals surface area contributed by atoms with Crippen molar-refractivity contribution in [1.82, 2.24) is 4.90 Å². The van der Waals surface area contributed by atoms with Crippen molar-refractivity contribution in [2.75, 3.05) is 18.8 Å². The van der Waals surface area contributed by atoms with E-state index in [-0.39, 0.29) is 11.7 Å². The van der Waals surface area contributed by atoms with Crippen molar-refractivity contribution in [2.24, 2.45) is 5.92 Å². The SMILES string of the molecule is CC(=O)c1c(C)cc(C)c(CSCC(=O)N2CCC(C)CC2)c1C. The average molecular weight is 348 g/mol. The fourth-order valence-corrected chi connectivity index (χ4v) is 4.69. The molecule has 1 aliphatic heterocycles. The lowest BCUT2D eigenvalue weighted by Crippen LogP contribution is -2.38. The average Bonchev–Trinajstić information content (AvgIpc) is 2.50. The monoisotopic (exact) mass is 347 g/mol. The summed E-state index contributed by atoms with van der Waals surface area (Å²) in [4.78, 5) is 26.2. The van der Waals surface area contributed by atoms with Crippen LogP contribution < -0.4 is 0 Å². The molecule has 0 aliphatic carbocycles. The summed E-state index contributed by atoms with van der Waals surface area (Å²) in [5.74, 6) is 2.42. The van der Waals surface area contributed by atoms with Crippen LogP contribution in [-0.2, 0) is 10.5 Å². The number of rotatable bonds is 5. The van der Waals surface area contributed by atoms with Gasteiger partial charge in [-0.3, -0.25) is 9.59 Å². The molecule has 0 aromatic heterocycles. The van der Waals surface area contributed by atoms with Crippen LogP contribution in [0, 0.1) is 26.7 Å². The van der Waals surface area contributed by atoms with E-state index in [2.05, 4.69) is 19.9 Å². The van der Waals surface area contributed by atoms with E-state index in [1.165, 1.54) is 11.1 Å². The van der Waals surface area contributed by atoms with Gasteiger partial charge in [-0.05, 0) is 68.7 Å². The maximum atomic E-state index is 12.3. The van der Waals surface area contributed by atoms with Crippen molar-refractivity contribution in [1.29, 1.82) is 0 Å². The second-order valence-corrected chi connectivity index (χ2v) is 8.09. The first kappa shape index (κ1) is 19.0. The molecular weight excluding hydrogens is 318 g/mol. The number of piperidine rings is 1. The van der Waals surface area contributed by atoms with Gasteiger partial charge in [0.2, 0.25) is 5.91 Å². The Bertz CT molecular complexity index is 631. The van der Waals surface area contributed by atoms with Crippen LogP contribution in [0.3, 0.4) is 0 Å². The fraction of sp³-hybridized carbons (Fsp3) is 0.600. The molecule has 3 nitrogen and oxygen atoms in total. The van der Waals surface area contributed by atoms with Crippen LogP contribution in [0.25, 0.3) is 0 Å². The van der Waals surface area contributed by atoms with Crippen molar-refractivity contribution in [3.8, 4) is 0 Å². The molecule has 1 aliphatic rings.